The van der Waals surface area contributed by atoms with Gasteiger partial charge in [-0.15, -0.1) is 11.8 Å². The normalized spacial score (nSPS) is 13.0. The molecule has 0 saturated heterocycles. The van der Waals surface area contributed by atoms with Crippen molar-refractivity contribution in [1.29, 1.82) is 0 Å². The minimum atomic E-state index is -0.309. The minimum absolute atomic E-state index is 0.0446. The smallest absolute Gasteiger partial charge is 0.261 e. The van der Waals surface area contributed by atoms with Crippen molar-refractivity contribution in [3.05, 3.63) is 42.1 Å². The summed E-state index contributed by atoms with van der Waals surface area (Å²) in [6.45, 7) is 2.26. The fourth-order valence-corrected chi connectivity index (χ4v) is 2.96. The number of rotatable bonds is 4. The molecule has 2 aromatic rings. The molecule has 1 aliphatic rings. The number of carbonyl (C=O) groups is 2. The van der Waals surface area contributed by atoms with E-state index in [1.54, 1.807) is 30.5 Å². The molecule has 2 amide bonds. The second kappa shape index (κ2) is 6.70. The molecule has 0 aliphatic carbocycles. The van der Waals surface area contributed by atoms with E-state index in [4.69, 9.17) is 4.74 Å². The fraction of sp³-hybridized carbons (Fsp3) is 0.188. The van der Waals surface area contributed by atoms with Crippen LogP contribution in [0.2, 0.25) is 0 Å². The topological polar surface area (TPSA) is 80.3 Å². The van der Waals surface area contributed by atoms with E-state index in [9.17, 15) is 9.59 Å². The highest BCUT2D eigenvalue weighted by molar-refractivity contribution is 8.00. The monoisotopic (exact) mass is 329 g/mol. The van der Waals surface area contributed by atoms with E-state index in [2.05, 4.69) is 15.6 Å². The van der Waals surface area contributed by atoms with Crippen molar-refractivity contribution in [1.82, 2.24) is 4.98 Å². The Kier molecular flexibility index (Phi) is 4.47. The van der Waals surface area contributed by atoms with Crippen molar-refractivity contribution in [3.8, 4) is 5.88 Å². The van der Waals surface area contributed by atoms with E-state index < -0.39 is 0 Å². The van der Waals surface area contributed by atoms with E-state index in [1.807, 2.05) is 13.0 Å². The summed E-state index contributed by atoms with van der Waals surface area (Å²) >= 11 is 1.48. The van der Waals surface area contributed by atoms with Gasteiger partial charge in [0.25, 0.3) is 5.91 Å². The molecule has 0 bridgehead atoms. The molecule has 1 aromatic heterocycles. The number of thioether (sulfide) groups is 1. The summed E-state index contributed by atoms with van der Waals surface area (Å²) in [5.74, 6) is 0.356. The van der Waals surface area contributed by atoms with Crippen molar-refractivity contribution in [2.24, 2.45) is 0 Å². The molecule has 1 aliphatic heterocycles. The van der Waals surface area contributed by atoms with Crippen LogP contribution in [0.3, 0.4) is 0 Å². The molecule has 1 aromatic carbocycles. The van der Waals surface area contributed by atoms with Crippen LogP contribution in [-0.2, 0) is 4.79 Å². The van der Waals surface area contributed by atoms with Gasteiger partial charge in [-0.05, 0) is 37.3 Å². The van der Waals surface area contributed by atoms with E-state index in [0.717, 1.165) is 4.90 Å². The van der Waals surface area contributed by atoms with Crippen LogP contribution in [0, 0.1) is 0 Å². The maximum atomic E-state index is 12.4. The number of pyridine rings is 1. The van der Waals surface area contributed by atoms with Crippen LogP contribution in [0.5, 0.6) is 5.88 Å². The zero-order valence-electron chi connectivity index (χ0n) is 12.5. The lowest BCUT2D eigenvalue weighted by Gasteiger charge is -2.17. The molecule has 0 saturated carbocycles. The number of nitrogens with zero attached hydrogens (tertiary/aromatic N) is 1. The molecule has 6 nitrogen and oxygen atoms in total. The lowest BCUT2D eigenvalue weighted by Crippen LogP contribution is -2.19. The molecule has 118 valence electrons. The van der Waals surface area contributed by atoms with Crippen molar-refractivity contribution >= 4 is 35.0 Å². The van der Waals surface area contributed by atoms with Gasteiger partial charge in [0.1, 0.15) is 5.56 Å². The molecule has 0 atom stereocenters. The first-order chi connectivity index (χ1) is 11.2. The number of hydrogen-bond donors (Lipinski definition) is 2. The lowest BCUT2D eigenvalue weighted by molar-refractivity contribution is -0.113. The predicted octanol–water partition coefficient (Wildman–Crippen LogP) is 2.78. The Morgan fingerprint density at radius 3 is 3.13 bits per heavy atom. The first-order valence-electron chi connectivity index (χ1n) is 7.13. The number of nitrogens with one attached hydrogen (secondary N) is 2. The quantitative estimate of drug-likeness (QED) is 0.901. The van der Waals surface area contributed by atoms with Crippen molar-refractivity contribution < 1.29 is 14.3 Å². The Morgan fingerprint density at radius 2 is 2.30 bits per heavy atom. The zero-order chi connectivity index (χ0) is 16.2. The van der Waals surface area contributed by atoms with Gasteiger partial charge in [0.05, 0.1) is 18.0 Å². The molecule has 0 radical (unpaired) electrons. The maximum Gasteiger partial charge on any atom is 0.261 e. The highest BCUT2D eigenvalue weighted by Crippen LogP contribution is 2.33. The third-order valence-corrected chi connectivity index (χ3v) is 4.24. The third kappa shape index (κ3) is 3.45. The van der Waals surface area contributed by atoms with Gasteiger partial charge in [0, 0.05) is 16.8 Å². The molecule has 2 heterocycles. The summed E-state index contributed by atoms with van der Waals surface area (Å²) in [4.78, 5) is 28.9. The molecule has 0 spiro atoms. The van der Waals surface area contributed by atoms with Crippen LogP contribution >= 0.6 is 11.8 Å². The maximum absolute atomic E-state index is 12.4. The second-order valence-corrected chi connectivity index (χ2v) is 5.81. The van der Waals surface area contributed by atoms with Crippen molar-refractivity contribution in [3.63, 3.8) is 0 Å². The van der Waals surface area contributed by atoms with E-state index >= 15 is 0 Å². The lowest BCUT2D eigenvalue weighted by atomic mass is 10.2. The van der Waals surface area contributed by atoms with E-state index in [0.29, 0.717) is 35.2 Å². The van der Waals surface area contributed by atoms with Crippen LogP contribution in [0.1, 0.15) is 17.3 Å². The number of carbonyl (C=O) groups excluding carboxylic acids is 2. The summed E-state index contributed by atoms with van der Waals surface area (Å²) in [5.41, 5.74) is 1.67. The van der Waals surface area contributed by atoms with Crippen LogP contribution in [0.15, 0.2) is 41.4 Å². The van der Waals surface area contributed by atoms with Gasteiger partial charge in [-0.25, -0.2) is 4.98 Å². The molecule has 0 unspecified atom stereocenters. The number of anilines is 2. The molecule has 2 N–H and O–H groups in total. The van der Waals surface area contributed by atoms with E-state index in [1.165, 1.54) is 11.8 Å². The van der Waals surface area contributed by atoms with Crippen molar-refractivity contribution in [2.75, 3.05) is 23.0 Å². The van der Waals surface area contributed by atoms with Gasteiger partial charge in [-0.1, -0.05) is 0 Å². The molecule has 0 fully saturated rings. The summed E-state index contributed by atoms with van der Waals surface area (Å²) < 4.78 is 5.37. The Morgan fingerprint density at radius 1 is 1.43 bits per heavy atom. The van der Waals surface area contributed by atoms with Crippen LogP contribution in [0.25, 0.3) is 0 Å². The average molecular weight is 329 g/mol. The Balaban J connectivity index is 1.81. The highest BCUT2D eigenvalue weighted by atomic mass is 32.2. The molecule has 7 heteroatoms. The number of aromatic nitrogens is 1. The number of benzene rings is 1. The molecule has 23 heavy (non-hydrogen) atoms. The number of ether oxygens (including phenoxy) is 1. The van der Waals surface area contributed by atoms with Gasteiger partial charge in [0.2, 0.25) is 11.8 Å². The number of amides is 2. The molecular weight excluding hydrogens is 314 g/mol. The minimum Gasteiger partial charge on any atom is -0.477 e. The van der Waals surface area contributed by atoms with Gasteiger partial charge in [0.15, 0.2) is 0 Å². The second-order valence-electron chi connectivity index (χ2n) is 4.79. The van der Waals surface area contributed by atoms with Gasteiger partial charge in [-0.2, -0.15) is 0 Å². The Bertz CT molecular complexity index is 764. The summed E-state index contributed by atoms with van der Waals surface area (Å²) in [6, 6.07) is 8.76. The van der Waals surface area contributed by atoms with Crippen LogP contribution < -0.4 is 15.4 Å². The largest absolute Gasteiger partial charge is 0.477 e. The standard InChI is InChI=1S/C16H15N3O3S/c1-2-22-16-11(4-3-7-17-16)15(21)18-10-5-6-13-12(8-10)19-14(20)9-23-13/h3-8H,2,9H2,1H3,(H,18,21)(H,19,20). The fourth-order valence-electron chi connectivity index (χ4n) is 2.17. The Labute approximate surface area is 137 Å². The zero-order valence-corrected chi connectivity index (χ0v) is 13.3. The first kappa shape index (κ1) is 15.4. The highest BCUT2D eigenvalue weighted by Gasteiger charge is 2.17. The molecular formula is C16H15N3O3S. The summed E-state index contributed by atoms with van der Waals surface area (Å²) in [5, 5.41) is 5.60. The third-order valence-electron chi connectivity index (χ3n) is 3.17. The van der Waals surface area contributed by atoms with Crippen LogP contribution in [-0.4, -0.2) is 29.2 Å². The van der Waals surface area contributed by atoms with Gasteiger partial charge < -0.3 is 15.4 Å². The van der Waals surface area contributed by atoms with Gasteiger partial charge in [-0.3, -0.25) is 9.59 Å². The summed E-state index contributed by atoms with van der Waals surface area (Å²) in [7, 11) is 0. The SMILES string of the molecule is CCOc1ncccc1C(=O)Nc1ccc2c(c1)NC(=O)CS2. The van der Waals surface area contributed by atoms with E-state index in [-0.39, 0.29) is 11.8 Å². The van der Waals surface area contributed by atoms with Crippen LogP contribution in [0.4, 0.5) is 11.4 Å². The first-order valence-corrected chi connectivity index (χ1v) is 8.12. The van der Waals surface area contributed by atoms with Gasteiger partial charge >= 0.3 is 0 Å². The van der Waals surface area contributed by atoms with Crippen molar-refractivity contribution in [2.45, 2.75) is 11.8 Å². The predicted molar refractivity (Wildman–Crippen MR) is 89.2 cm³/mol. The Hall–Kier alpha value is -2.54. The molecule has 3 rings (SSSR count). The number of hydrogen-bond acceptors (Lipinski definition) is 5. The summed E-state index contributed by atoms with van der Waals surface area (Å²) in [6.07, 6.45) is 1.58. The number of fused-ring (bicyclic) bond motifs is 1. The average Bonchev–Trinajstić information content (AvgIpc) is 2.55.